The van der Waals surface area contributed by atoms with Crippen LogP contribution in [0.15, 0.2) is 42.5 Å². The van der Waals surface area contributed by atoms with Crippen molar-refractivity contribution < 1.29 is 19.1 Å². The molecule has 2 amide bonds. The van der Waals surface area contributed by atoms with Crippen molar-refractivity contribution in [1.82, 2.24) is 0 Å². The van der Waals surface area contributed by atoms with E-state index in [1.807, 2.05) is 0 Å². The Labute approximate surface area is 150 Å². The van der Waals surface area contributed by atoms with E-state index in [4.69, 9.17) is 16.3 Å². The van der Waals surface area contributed by atoms with Gasteiger partial charge in [0.15, 0.2) is 5.78 Å². The van der Waals surface area contributed by atoms with Crippen molar-refractivity contribution >= 4 is 40.6 Å². The Morgan fingerprint density at radius 1 is 1.00 bits per heavy atom. The Bertz CT molecular complexity index is 803. The van der Waals surface area contributed by atoms with Gasteiger partial charge in [-0.25, -0.2) is 0 Å². The summed E-state index contributed by atoms with van der Waals surface area (Å²) >= 11 is 5.90. The number of hydrogen-bond donors (Lipinski definition) is 2. The molecule has 0 aliphatic carbocycles. The third-order valence-corrected chi connectivity index (χ3v) is 3.57. The molecule has 0 atom stereocenters. The normalized spacial score (nSPS) is 10.0. The number of carbonyl (C=O) groups is 3. The number of benzene rings is 2. The van der Waals surface area contributed by atoms with Crippen LogP contribution in [0.3, 0.4) is 0 Å². The molecule has 0 saturated carbocycles. The zero-order valence-corrected chi connectivity index (χ0v) is 14.5. The van der Waals surface area contributed by atoms with Crippen LogP contribution in [0.1, 0.15) is 23.7 Å². The highest BCUT2D eigenvalue weighted by Gasteiger charge is 2.13. The number of methoxy groups -OCH3 is 1. The van der Waals surface area contributed by atoms with E-state index in [9.17, 15) is 14.4 Å². The van der Waals surface area contributed by atoms with E-state index in [0.29, 0.717) is 27.7 Å². The first-order valence-electron chi connectivity index (χ1n) is 7.43. The largest absolute Gasteiger partial charge is 0.495 e. The van der Waals surface area contributed by atoms with Gasteiger partial charge in [-0.2, -0.15) is 0 Å². The van der Waals surface area contributed by atoms with Crippen LogP contribution in [0.25, 0.3) is 0 Å². The Morgan fingerprint density at radius 3 is 2.24 bits per heavy atom. The molecule has 0 fully saturated rings. The lowest BCUT2D eigenvalue weighted by atomic mass is 10.1. The summed E-state index contributed by atoms with van der Waals surface area (Å²) in [6, 6.07) is 11.2. The number of amides is 2. The van der Waals surface area contributed by atoms with Crippen molar-refractivity contribution in [3.05, 3.63) is 53.1 Å². The van der Waals surface area contributed by atoms with Crippen LogP contribution in [0, 0.1) is 0 Å². The van der Waals surface area contributed by atoms with Crippen molar-refractivity contribution in [1.29, 1.82) is 0 Å². The lowest BCUT2D eigenvalue weighted by molar-refractivity contribution is -0.123. The predicted molar refractivity (Wildman–Crippen MR) is 96.3 cm³/mol. The molecule has 2 aromatic rings. The molecule has 0 radical (unpaired) electrons. The number of anilines is 2. The molecule has 0 aromatic heterocycles. The predicted octanol–water partition coefficient (Wildman–Crippen LogP) is 3.52. The highest BCUT2D eigenvalue weighted by molar-refractivity contribution is 6.31. The topological polar surface area (TPSA) is 84.5 Å². The molecule has 0 spiro atoms. The number of ether oxygens (including phenoxy) is 1. The summed E-state index contributed by atoms with van der Waals surface area (Å²) in [7, 11) is 1.47. The van der Waals surface area contributed by atoms with Gasteiger partial charge < -0.3 is 15.4 Å². The molecule has 2 N–H and O–H groups in total. The maximum absolute atomic E-state index is 12.0. The van der Waals surface area contributed by atoms with Crippen LogP contribution in [-0.4, -0.2) is 24.7 Å². The summed E-state index contributed by atoms with van der Waals surface area (Å²) in [5.41, 5.74) is 1.44. The van der Waals surface area contributed by atoms with Crippen LogP contribution >= 0.6 is 11.6 Å². The Kier molecular flexibility index (Phi) is 6.14. The molecule has 130 valence electrons. The highest BCUT2D eigenvalue weighted by Crippen LogP contribution is 2.27. The first-order chi connectivity index (χ1) is 11.9. The quantitative estimate of drug-likeness (QED) is 0.609. The molecular formula is C18H17ClN2O4. The molecule has 2 rings (SSSR count). The number of carbonyl (C=O) groups excluding carboxylic acids is 3. The van der Waals surface area contributed by atoms with E-state index >= 15 is 0 Å². The Morgan fingerprint density at radius 2 is 1.64 bits per heavy atom. The second kappa shape index (κ2) is 8.30. The van der Waals surface area contributed by atoms with E-state index < -0.39 is 11.8 Å². The Balaban J connectivity index is 1.95. The maximum atomic E-state index is 12.0. The van der Waals surface area contributed by atoms with Gasteiger partial charge in [0.25, 0.3) is 0 Å². The smallest absolute Gasteiger partial charge is 0.233 e. The summed E-state index contributed by atoms with van der Waals surface area (Å²) in [5, 5.41) is 5.62. The number of rotatable bonds is 6. The van der Waals surface area contributed by atoms with Crippen LogP contribution in [0.5, 0.6) is 5.75 Å². The zero-order valence-electron chi connectivity index (χ0n) is 13.8. The minimum absolute atomic E-state index is 0.0623. The molecule has 2 aromatic carbocycles. The standard InChI is InChI=1S/C18H17ClN2O4/c1-11(22)12-3-6-14(7-4-12)20-17(23)10-18(24)21-15-9-13(19)5-8-16(15)25-2/h3-9H,10H2,1-2H3,(H,20,23)(H,21,24). The van der Waals surface area contributed by atoms with Gasteiger partial charge in [0.05, 0.1) is 12.8 Å². The maximum Gasteiger partial charge on any atom is 0.233 e. The van der Waals surface area contributed by atoms with E-state index in [1.165, 1.54) is 20.1 Å². The van der Waals surface area contributed by atoms with Gasteiger partial charge in [-0.1, -0.05) is 11.6 Å². The number of hydrogen-bond acceptors (Lipinski definition) is 4. The van der Waals surface area contributed by atoms with Crippen LogP contribution in [0.2, 0.25) is 5.02 Å². The molecule has 6 nitrogen and oxygen atoms in total. The lowest BCUT2D eigenvalue weighted by Crippen LogP contribution is -2.21. The SMILES string of the molecule is COc1ccc(Cl)cc1NC(=O)CC(=O)Nc1ccc(C(C)=O)cc1. The third kappa shape index (κ3) is 5.32. The van der Waals surface area contributed by atoms with Gasteiger partial charge in [-0.05, 0) is 49.4 Å². The zero-order chi connectivity index (χ0) is 18.4. The molecule has 0 saturated heterocycles. The lowest BCUT2D eigenvalue weighted by Gasteiger charge is -2.11. The fourth-order valence-corrected chi connectivity index (χ4v) is 2.28. The van der Waals surface area contributed by atoms with Gasteiger partial charge >= 0.3 is 0 Å². The summed E-state index contributed by atoms with van der Waals surface area (Å²) in [6.45, 7) is 1.46. The number of halogens is 1. The van der Waals surface area contributed by atoms with Crippen LogP contribution in [-0.2, 0) is 9.59 Å². The second-order valence-electron chi connectivity index (χ2n) is 5.25. The van der Waals surface area contributed by atoms with Gasteiger partial charge in [-0.3, -0.25) is 14.4 Å². The number of nitrogens with one attached hydrogen (secondary N) is 2. The molecule has 0 heterocycles. The first-order valence-corrected chi connectivity index (χ1v) is 7.81. The van der Waals surface area contributed by atoms with Gasteiger partial charge in [0.1, 0.15) is 12.2 Å². The number of ketones is 1. The fourth-order valence-electron chi connectivity index (χ4n) is 2.11. The van der Waals surface area contributed by atoms with Crippen LogP contribution in [0.4, 0.5) is 11.4 Å². The van der Waals surface area contributed by atoms with Gasteiger partial charge in [0.2, 0.25) is 11.8 Å². The Hall–Kier alpha value is -2.86. The highest BCUT2D eigenvalue weighted by atomic mass is 35.5. The van der Waals surface area contributed by atoms with Crippen molar-refractivity contribution in [2.45, 2.75) is 13.3 Å². The van der Waals surface area contributed by atoms with Crippen LogP contribution < -0.4 is 15.4 Å². The van der Waals surface area contributed by atoms with Crippen molar-refractivity contribution in [2.75, 3.05) is 17.7 Å². The average molecular weight is 361 g/mol. The molecule has 0 aliphatic rings. The average Bonchev–Trinajstić information content (AvgIpc) is 2.55. The molecular weight excluding hydrogens is 344 g/mol. The summed E-state index contributed by atoms with van der Waals surface area (Å²) in [5.74, 6) is -0.599. The first kappa shape index (κ1) is 18.5. The van der Waals surface area contributed by atoms with Crippen molar-refractivity contribution in [2.24, 2.45) is 0 Å². The van der Waals surface area contributed by atoms with E-state index in [2.05, 4.69) is 10.6 Å². The summed E-state index contributed by atoms with van der Waals surface area (Å²) in [4.78, 5) is 35.2. The van der Waals surface area contributed by atoms with E-state index in [0.717, 1.165) is 0 Å². The molecule has 0 aliphatic heterocycles. The summed E-state index contributed by atoms with van der Waals surface area (Å²) < 4.78 is 5.13. The molecule has 25 heavy (non-hydrogen) atoms. The van der Waals surface area contributed by atoms with Crippen molar-refractivity contribution in [3.63, 3.8) is 0 Å². The monoisotopic (exact) mass is 360 g/mol. The molecule has 0 bridgehead atoms. The van der Waals surface area contributed by atoms with E-state index in [-0.39, 0.29) is 12.2 Å². The molecule has 0 unspecified atom stereocenters. The minimum atomic E-state index is -0.501. The van der Waals surface area contributed by atoms with E-state index in [1.54, 1.807) is 36.4 Å². The van der Waals surface area contributed by atoms with Gasteiger partial charge in [0, 0.05) is 16.3 Å². The summed E-state index contributed by atoms with van der Waals surface area (Å²) in [6.07, 6.45) is -0.371. The van der Waals surface area contributed by atoms with Crippen molar-refractivity contribution in [3.8, 4) is 5.75 Å². The van der Waals surface area contributed by atoms with Gasteiger partial charge in [-0.15, -0.1) is 0 Å². The second-order valence-corrected chi connectivity index (χ2v) is 5.69. The minimum Gasteiger partial charge on any atom is -0.495 e. The third-order valence-electron chi connectivity index (χ3n) is 3.33. The fraction of sp³-hybridized carbons (Fsp3) is 0.167. The number of Topliss-reactive ketones (excluding diaryl/α,β-unsaturated/α-hetero) is 1. The molecule has 7 heteroatoms.